The fourth-order valence-corrected chi connectivity index (χ4v) is 1.99. The van der Waals surface area contributed by atoms with Gasteiger partial charge in [0.05, 0.1) is 6.61 Å². The number of ether oxygens (including phenoxy) is 1. The average molecular weight is 299 g/mol. The molecule has 1 heterocycles. The average Bonchev–Trinajstić information content (AvgIpc) is 2.93. The molecule has 0 spiro atoms. The zero-order valence-electron chi connectivity index (χ0n) is 12.0. The number of hydrogen-bond donors (Lipinski definition) is 1. The quantitative estimate of drug-likeness (QED) is 0.629. The Hall–Kier alpha value is -2.82. The first-order valence-electron chi connectivity index (χ1n) is 6.91. The Balaban J connectivity index is 1.82. The zero-order valence-corrected chi connectivity index (χ0v) is 12.0. The Labute approximate surface area is 128 Å². The van der Waals surface area contributed by atoms with Crippen molar-refractivity contribution in [3.63, 3.8) is 0 Å². The van der Waals surface area contributed by atoms with Crippen LogP contribution in [0, 0.1) is 0 Å². The van der Waals surface area contributed by atoms with Crippen LogP contribution in [-0.2, 0) is 27.3 Å². The third kappa shape index (κ3) is 4.94. The predicted octanol–water partition coefficient (Wildman–Crippen LogP) is 2.37. The van der Waals surface area contributed by atoms with Gasteiger partial charge >= 0.3 is 11.9 Å². The lowest BCUT2D eigenvalue weighted by molar-refractivity contribution is -0.144. The number of carboxylic acids is 1. The van der Waals surface area contributed by atoms with Crippen LogP contribution < -0.4 is 0 Å². The second kappa shape index (κ2) is 7.83. The largest absolute Gasteiger partial charge is 0.478 e. The van der Waals surface area contributed by atoms with Crippen molar-refractivity contribution in [3.8, 4) is 0 Å². The number of hydrogen-bond acceptors (Lipinski definition) is 3. The van der Waals surface area contributed by atoms with Crippen LogP contribution in [0.25, 0.3) is 6.08 Å². The molecular weight excluding hydrogens is 282 g/mol. The van der Waals surface area contributed by atoms with E-state index >= 15 is 0 Å². The first-order chi connectivity index (χ1) is 10.6. The molecule has 0 aliphatic rings. The smallest absolute Gasteiger partial charge is 0.328 e. The van der Waals surface area contributed by atoms with Gasteiger partial charge in [0, 0.05) is 24.4 Å². The summed E-state index contributed by atoms with van der Waals surface area (Å²) in [6.07, 6.45) is 4.86. The first kappa shape index (κ1) is 15.6. The monoisotopic (exact) mass is 299 g/mol. The second-order valence-corrected chi connectivity index (χ2v) is 4.69. The van der Waals surface area contributed by atoms with Crippen molar-refractivity contribution < 1.29 is 19.4 Å². The minimum Gasteiger partial charge on any atom is -0.478 e. The van der Waals surface area contributed by atoms with Gasteiger partial charge < -0.3 is 14.4 Å². The van der Waals surface area contributed by atoms with Crippen LogP contribution in [0.2, 0.25) is 0 Å². The normalized spacial score (nSPS) is 10.7. The summed E-state index contributed by atoms with van der Waals surface area (Å²) in [5.74, 6) is -1.38. The van der Waals surface area contributed by atoms with E-state index in [0.717, 1.165) is 11.6 Å². The molecule has 22 heavy (non-hydrogen) atoms. The Kier molecular flexibility index (Phi) is 5.54. The van der Waals surface area contributed by atoms with E-state index in [1.807, 2.05) is 30.3 Å². The maximum atomic E-state index is 11.8. The molecule has 0 unspecified atom stereocenters. The Morgan fingerprint density at radius 1 is 1.14 bits per heavy atom. The molecule has 1 aromatic heterocycles. The van der Waals surface area contributed by atoms with E-state index in [1.165, 1.54) is 6.08 Å². The highest BCUT2D eigenvalue weighted by Gasteiger charge is 2.06. The summed E-state index contributed by atoms with van der Waals surface area (Å²) in [6.45, 7) is 0.380. The van der Waals surface area contributed by atoms with Crippen molar-refractivity contribution in [2.45, 2.75) is 13.0 Å². The van der Waals surface area contributed by atoms with Crippen molar-refractivity contribution in [3.05, 3.63) is 66.0 Å². The number of rotatable bonds is 7. The number of nitrogens with zero attached hydrogens (tertiary/aromatic N) is 1. The van der Waals surface area contributed by atoms with Crippen molar-refractivity contribution in [2.24, 2.45) is 0 Å². The lowest BCUT2D eigenvalue weighted by Crippen LogP contribution is -2.15. The number of carbonyl (C=O) groups excluding carboxylic acids is 1. The van der Waals surface area contributed by atoms with Gasteiger partial charge in [-0.15, -0.1) is 0 Å². The number of carboxylic acid groups (broad SMARTS) is 1. The van der Waals surface area contributed by atoms with Crippen molar-refractivity contribution >= 4 is 18.0 Å². The molecule has 5 nitrogen and oxygen atoms in total. The number of esters is 1. The Morgan fingerprint density at radius 3 is 2.64 bits per heavy atom. The van der Waals surface area contributed by atoms with Gasteiger partial charge in [-0.3, -0.25) is 4.79 Å². The van der Waals surface area contributed by atoms with Crippen molar-refractivity contribution in [1.82, 2.24) is 4.57 Å². The second-order valence-electron chi connectivity index (χ2n) is 4.69. The summed E-state index contributed by atoms with van der Waals surface area (Å²) in [5.41, 5.74) is 1.75. The molecule has 0 radical (unpaired) electrons. The van der Waals surface area contributed by atoms with E-state index in [4.69, 9.17) is 9.84 Å². The van der Waals surface area contributed by atoms with E-state index in [2.05, 4.69) is 0 Å². The molecule has 114 valence electrons. The van der Waals surface area contributed by atoms with Crippen LogP contribution >= 0.6 is 0 Å². The summed E-state index contributed by atoms with van der Waals surface area (Å²) in [4.78, 5) is 22.3. The maximum absolute atomic E-state index is 11.8. The van der Waals surface area contributed by atoms with E-state index < -0.39 is 5.97 Å². The summed E-state index contributed by atoms with van der Waals surface area (Å²) in [5, 5.41) is 8.62. The number of aromatic nitrogens is 1. The summed E-state index contributed by atoms with van der Waals surface area (Å²) < 4.78 is 6.84. The minimum absolute atomic E-state index is 0.0566. The Morgan fingerprint density at radius 2 is 1.91 bits per heavy atom. The van der Waals surface area contributed by atoms with Gasteiger partial charge in [0.25, 0.3) is 0 Å². The predicted molar refractivity (Wildman–Crippen MR) is 82.2 cm³/mol. The molecule has 1 N–H and O–H groups in total. The molecule has 1 aromatic carbocycles. The van der Waals surface area contributed by atoms with Gasteiger partial charge in [0.2, 0.25) is 0 Å². The number of aliphatic carboxylic acids is 1. The van der Waals surface area contributed by atoms with Gasteiger partial charge in [-0.05, 0) is 23.8 Å². The Bertz CT molecular complexity index is 658. The van der Waals surface area contributed by atoms with Crippen LogP contribution in [0.4, 0.5) is 0 Å². The SMILES string of the molecule is O=C(O)/C=C/c1cccn1CC(=O)OCCc1ccccc1. The molecule has 0 atom stereocenters. The number of benzene rings is 1. The molecule has 0 fully saturated rings. The molecule has 0 saturated heterocycles. The summed E-state index contributed by atoms with van der Waals surface area (Å²) >= 11 is 0. The molecule has 2 rings (SSSR count). The molecule has 5 heteroatoms. The van der Waals surface area contributed by atoms with Gasteiger partial charge in [-0.2, -0.15) is 0 Å². The van der Waals surface area contributed by atoms with E-state index in [-0.39, 0.29) is 12.5 Å². The van der Waals surface area contributed by atoms with Crippen LogP contribution in [0.3, 0.4) is 0 Å². The van der Waals surface area contributed by atoms with E-state index in [0.29, 0.717) is 18.7 Å². The molecule has 0 amide bonds. The van der Waals surface area contributed by atoms with Crippen LogP contribution in [0.1, 0.15) is 11.3 Å². The molecular formula is C17H17NO4. The number of carbonyl (C=O) groups is 2. The van der Waals surface area contributed by atoms with Gasteiger partial charge in [-0.25, -0.2) is 4.79 Å². The lowest BCUT2D eigenvalue weighted by atomic mass is 10.2. The van der Waals surface area contributed by atoms with Gasteiger partial charge in [0.15, 0.2) is 0 Å². The molecule has 0 bridgehead atoms. The van der Waals surface area contributed by atoms with Crippen molar-refractivity contribution in [2.75, 3.05) is 6.61 Å². The fourth-order valence-electron chi connectivity index (χ4n) is 1.99. The molecule has 0 aliphatic carbocycles. The lowest BCUT2D eigenvalue weighted by Gasteiger charge is -2.07. The molecule has 0 aliphatic heterocycles. The maximum Gasteiger partial charge on any atom is 0.328 e. The standard InChI is InChI=1S/C17H17NO4/c19-16(20)9-8-15-7-4-11-18(15)13-17(21)22-12-10-14-5-2-1-3-6-14/h1-9,11H,10,12-13H2,(H,19,20)/b9-8+. The fraction of sp³-hybridized carbons (Fsp3) is 0.176. The van der Waals surface area contributed by atoms with Gasteiger partial charge in [0.1, 0.15) is 6.54 Å². The van der Waals surface area contributed by atoms with Crippen LogP contribution in [0.5, 0.6) is 0 Å². The third-order valence-electron chi connectivity index (χ3n) is 3.06. The van der Waals surface area contributed by atoms with Gasteiger partial charge in [-0.1, -0.05) is 30.3 Å². The highest BCUT2D eigenvalue weighted by Crippen LogP contribution is 2.06. The highest BCUT2D eigenvalue weighted by atomic mass is 16.5. The molecule has 2 aromatic rings. The van der Waals surface area contributed by atoms with E-state index in [9.17, 15) is 9.59 Å². The van der Waals surface area contributed by atoms with Crippen molar-refractivity contribution in [1.29, 1.82) is 0 Å². The summed E-state index contributed by atoms with van der Waals surface area (Å²) in [7, 11) is 0. The zero-order chi connectivity index (χ0) is 15.8. The topological polar surface area (TPSA) is 68.5 Å². The minimum atomic E-state index is -1.03. The highest BCUT2D eigenvalue weighted by molar-refractivity contribution is 5.85. The van der Waals surface area contributed by atoms with Crippen LogP contribution in [-0.4, -0.2) is 28.2 Å². The van der Waals surface area contributed by atoms with Crippen LogP contribution in [0.15, 0.2) is 54.7 Å². The first-order valence-corrected chi connectivity index (χ1v) is 6.91. The third-order valence-corrected chi connectivity index (χ3v) is 3.06. The summed E-state index contributed by atoms with van der Waals surface area (Å²) in [6, 6.07) is 13.3. The van der Waals surface area contributed by atoms with E-state index in [1.54, 1.807) is 22.9 Å². The molecule has 0 saturated carbocycles.